The molecular weight excluding hydrogens is 529 g/mol. The highest BCUT2D eigenvalue weighted by Gasteiger charge is 2.23. The van der Waals surface area contributed by atoms with Gasteiger partial charge < -0.3 is 14.7 Å². The molecule has 0 unspecified atom stereocenters. The molecule has 1 N–H and O–H groups in total. The van der Waals surface area contributed by atoms with Gasteiger partial charge in [-0.05, 0) is 62.3 Å². The van der Waals surface area contributed by atoms with Crippen LogP contribution in [0.2, 0.25) is 5.02 Å². The van der Waals surface area contributed by atoms with Crippen LogP contribution in [0.4, 0.5) is 0 Å². The predicted octanol–water partition coefficient (Wildman–Crippen LogP) is 4.13. The van der Waals surface area contributed by atoms with Gasteiger partial charge in [-0.3, -0.25) is 18.5 Å². The van der Waals surface area contributed by atoms with E-state index in [2.05, 4.69) is 9.88 Å². The smallest absolute Gasteiger partial charge is 0.332 e. The summed E-state index contributed by atoms with van der Waals surface area (Å²) in [4.78, 5) is 33.6. The van der Waals surface area contributed by atoms with Crippen molar-refractivity contribution in [1.29, 1.82) is 0 Å². The molecule has 2 heterocycles. The van der Waals surface area contributed by atoms with E-state index in [1.807, 2.05) is 57.4 Å². The summed E-state index contributed by atoms with van der Waals surface area (Å²) in [5, 5.41) is 9.94. The number of imidazole rings is 1. The Morgan fingerprint density at radius 2 is 1.74 bits per heavy atom. The van der Waals surface area contributed by atoms with Crippen LogP contribution in [0.25, 0.3) is 11.2 Å². The second-order valence-electron chi connectivity index (χ2n) is 9.23. The molecule has 0 spiro atoms. The van der Waals surface area contributed by atoms with Crippen molar-refractivity contribution in [2.45, 2.75) is 45.9 Å². The largest absolute Gasteiger partial charge is 0.425 e. The average Bonchev–Trinajstić information content (AvgIpc) is 3.20. The van der Waals surface area contributed by atoms with Crippen LogP contribution in [0.5, 0.6) is 11.8 Å². The van der Waals surface area contributed by atoms with Crippen LogP contribution < -0.4 is 16.0 Å². The summed E-state index contributed by atoms with van der Waals surface area (Å²) >= 11 is 6.09. The van der Waals surface area contributed by atoms with Crippen LogP contribution in [0.15, 0.2) is 58.1 Å². The number of halogens is 2. The van der Waals surface area contributed by atoms with Crippen LogP contribution in [-0.2, 0) is 26.2 Å². The molecule has 4 aromatic rings. The van der Waals surface area contributed by atoms with Crippen molar-refractivity contribution in [3.05, 3.63) is 85.5 Å². The van der Waals surface area contributed by atoms with Crippen molar-refractivity contribution in [2.24, 2.45) is 0 Å². The zero-order chi connectivity index (χ0) is 26.5. The predicted molar refractivity (Wildman–Crippen MR) is 152 cm³/mol. The SMILES string of the molecule is CCCn1c(=O)n(CCCO)c(=O)c2c1nc(Oc1cccc(CN(C)C)c1)n2Cc1ccc(Cl)cc1.Cl. The van der Waals surface area contributed by atoms with Crippen LogP contribution in [0.1, 0.15) is 30.9 Å². The molecule has 0 aliphatic heterocycles. The number of aromatic nitrogens is 4. The summed E-state index contributed by atoms with van der Waals surface area (Å²) in [6.07, 6.45) is 0.972. The zero-order valence-corrected chi connectivity index (χ0v) is 23.3. The van der Waals surface area contributed by atoms with Crippen molar-refractivity contribution in [3.8, 4) is 11.8 Å². The number of aliphatic hydroxyl groups excluding tert-OH is 1. The van der Waals surface area contributed by atoms with E-state index in [9.17, 15) is 14.7 Å². The number of hydrogen-bond acceptors (Lipinski definition) is 6. The summed E-state index contributed by atoms with van der Waals surface area (Å²) < 4.78 is 10.7. The van der Waals surface area contributed by atoms with E-state index in [0.717, 1.165) is 17.7 Å². The van der Waals surface area contributed by atoms with Crippen molar-refractivity contribution >= 4 is 35.2 Å². The van der Waals surface area contributed by atoms with Gasteiger partial charge in [-0.2, -0.15) is 4.98 Å². The lowest BCUT2D eigenvalue weighted by Gasteiger charge is -2.13. The van der Waals surface area contributed by atoms with Gasteiger partial charge in [0.05, 0.1) is 6.54 Å². The topological polar surface area (TPSA) is 94.5 Å². The van der Waals surface area contributed by atoms with Gasteiger partial charge in [-0.1, -0.05) is 42.8 Å². The number of fused-ring (bicyclic) bond motifs is 1. The standard InChI is InChI=1S/C27H32ClN5O4.ClH/c1-4-13-31-24-23(25(35)32(27(31)36)14-6-15-34)33(18-19-9-11-21(28)12-10-19)26(29-24)37-22-8-5-7-20(16-22)17-30(2)3;/h5,7-12,16,34H,4,6,13-15,17-18H2,1-3H3;1H. The molecule has 0 bridgehead atoms. The highest BCUT2D eigenvalue weighted by molar-refractivity contribution is 6.30. The van der Waals surface area contributed by atoms with E-state index in [-0.39, 0.29) is 42.7 Å². The molecule has 0 aliphatic carbocycles. The summed E-state index contributed by atoms with van der Waals surface area (Å²) in [6, 6.07) is 15.2. The highest BCUT2D eigenvalue weighted by Crippen LogP contribution is 2.27. The number of aryl methyl sites for hydroxylation is 1. The number of benzene rings is 2. The van der Waals surface area contributed by atoms with Gasteiger partial charge >= 0.3 is 11.7 Å². The van der Waals surface area contributed by atoms with Gasteiger partial charge in [-0.15, -0.1) is 12.4 Å². The molecule has 4 rings (SSSR count). The van der Waals surface area contributed by atoms with E-state index >= 15 is 0 Å². The lowest BCUT2D eigenvalue weighted by molar-refractivity contribution is 0.277. The van der Waals surface area contributed by atoms with Gasteiger partial charge in [0.15, 0.2) is 11.2 Å². The Morgan fingerprint density at radius 1 is 1.00 bits per heavy atom. The van der Waals surface area contributed by atoms with Gasteiger partial charge in [0, 0.05) is 31.3 Å². The van der Waals surface area contributed by atoms with E-state index in [1.54, 1.807) is 16.7 Å². The normalized spacial score (nSPS) is 11.2. The van der Waals surface area contributed by atoms with E-state index in [0.29, 0.717) is 36.7 Å². The Balaban J connectivity index is 0.00000400. The summed E-state index contributed by atoms with van der Waals surface area (Å²) in [7, 11) is 3.99. The van der Waals surface area contributed by atoms with E-state index in [1.165, 1.54) is 9.13 Å². The summed E-state index contributed by atoms with van der Waals surface area (Å²) in [6.45, 7) is 3.37. The van der Waals surface area contributed by atoms with Crippen LogP contribution in [-0.4, -0.2) is 49.4 Å². The lowest BCUT2D eigenvalue weighted by atomic mass is 10.2. The van der Waals surface area contributed by atoms with Crippen molar-refractivity contribution < 1.29 is 9.84 Å². The molecule has 0 fully saturated rings. The van der Waals surface area contributed by atoms with Gasteiger partial charge in [-0.25, -0.2) is 4.79 Å². The minimum Gasteiger partial charge on any atom is -0.425 e. The maximum Gasteiger partial charge on any atom is 0.332 e. The molecule has 0 saturated carbocycles. The van der Waals surface area contributed by atoms with Crippen molar-refractivity contribution in [3.63, 3.8) is 0 Å². The fraction of sp³-hybridized carbons (Fsp3) is 0.370. The second-order valence-corrected chi connectivity index (χ2v) is 9.67. The van der Waals surface area contributed by atoms with Gasteiger partial charge in [0.25, 0.3) is 5.56 Å². The average molecular weight is 562 g/mol. The van der Waals surface area contributed by atoms with Crippen LogP contribution in [0, 0.1) is 0 Å². The maximum absolute atomic E-state index is 13.6. The Morgan fingerprint density at radius 3 is 2.39 bits per heavy atom. The van der Waals surface area contributed by atoms with Crippen LogP contribution >= 0.6 is 24.0 Å². The Labute approximate surface area is 232 Å². The molecule has 2 aromatic carbocycles. The minimum atomic E-state index is -0.460. The molecule has 38 heavy (non-hydrogen) atoms. The third-order valence-electron chi connectivity index (χ3n) is 5.93. The number of aliphatic hydroxyl groups is 1. The first-order valence-electron chi connectivity index (χ1n) is 12.3. The minimum absolute atomic E-state index is 0. The molecular formula is C27H33Cl2N5O4. The number of nitrogens with zero attached hydrogens (tertiary/aromatic N) is 5. The third-order valence-corrected chi connectivity index (χ3v) is 6.18. The Bertz CT molecular complexity index is 1490. The lowest BCUT2D eigenvalue weighted by Crippen LogP contribution is -2.41. The van der Waals surface area contributed by atoms with Gasteiger partial charge in [0.1, 0.15) is 5.75 Å². The molecule has 204 valence electrons. The molecule has 11 heteroatoms. The number of hydrogen-bond donors (Lipinski definition) is 1. The maximum atomic E-state index is 13.6. The first kappa shape index (κ1) is 29.4. The molecule has 9 nitrogen and oxygen atoms in total. The quantitative estimate of drug-likeness (QED) is 0.296. The van der Waals surface area contributed by atoms with Crippen LogP contribution in [0.3, 0.4) is 0 Å². The number of ether oxygens (including phenoxy) is 1. The van der Waals surface area contributed by atoms with E-state index < -0.39 is 11.2 Å². The third kappa shape index (κ3) is 6.47. The fourth-order valence-electron chi connectivity index (χ4n) is 4.30. The Kier molecular flexibility index (Phi) is 10.2. The fourth-order valence-corrected chi connectivity index (χ4v) is 4.42. The highest BCUT2D eigenvalue weighted by atomic mass is 35.5. The second kappa shape index (κ2) is 13.1. The molecule has 2 aromatic heterocycles. The molecule has 0 saturated heterocycles. The first-order valence-corrected chi connectivity index (χ1v) is 12.7. The monoisotopic (exact) mass is 561 g/mol. The van der Waals surface area contributed by atoms with E-state index in [4.69, 9.17) is 16.3 Å². The Hall–Kier alpha value is -3.11. The molecule has 0 amide bonds. The molecule has 0 aliphatic rings. The zero-order valence-electron chi connectivity index (χ0n) is 21.8. The summed E-state index contributed by atoms with van der Waals surface area (Å²) in [5.41, 5.74) is 1.62. The van der Waals surface area contributed by atoms with Crippen molar-refractivity contribution in [1.82, 2.24) is 23.6 Å². The first-order chi connectivity index (χ1) is 17.8. The molecule has 0 radical (unpaired) electrons. The molecule has 0 atom stereocenters. The summed E-state index contributed by atoms with van der Waals surface area (Å²) in [5.74, 6) is 0.581. The van der Waals surface area contributed by atoms with Gasteiger partial charge in [0.2, 0.25) is 0 Å². The number of rotatable bonds is 11. The van der Waals surface area contributed by atoms with Crippen molar-refractivity contribution in [2.75, 3.05) is 20.7 Å².